The van der Waals surface area contributed by atoms with E-state index in [0.717, 1.165) is 42.7 Å². The zero-order valence-corrected chi connectivity index (χ0v) is 23.8. The standard InChI is InChI=1S/C31H47N3O3/c1-8-9-19-34(7)28(20-23(2)3)30(36)32-27(29(35)33-31(4,5)6)21-24-15-17-26(18-16-24)37-22-25-13-11-10-12-14-25/h10-18,23,27-28H,8-9,19-22H2,1-7H3,(H,32,36)(H,33,35)/t27-,28-/m0/s1. The second-order valence-corrected chi connectivity index (χ2v) is 11.4. The largest absolute Gasteiger partial charge is 0.489 e. The van der Waals surface area contributed by atoms with Gasteiger partial charge in [-0.2, -0.15) is 0 Å². The molecule has 6 nitrogen and oxygen atoms in total. The first-order valence-electron chi connectivity index (χ1n) is 13.6. The van der Waals surface area contributed by atoms with Crippen LogP contribution < -0.4 is 15.4 Å². The molecular weight excluding hydrogens is 462 g/mol. The van der Waals surface area contributed by atoms with Crippen molar-refractivity contribution in [2.24, 2.45) is 5.92 Å². The van der Waals surface area contributed by atoms with Gasteiger partial charge in [-0.3, -0.25) is 14.5 Å². The molecule has 2 aromatic carbocycles. The van der Waals surface area contributed by atoms with E-state index in [4.69, 9.17) is 4.74 Å². The minimum atomic E-state index is -0.669. The van der Waals surface area contributed by atoms with Crippen molar-refractivity contribution in [3.05, 3.63) is 65.7 Å². The Balaban J connectivity index is 2.14. The number of nitrogens with one attached hydrogen (secondary N) is 2. The molecule has 2 rings (SSSR count). The molecule has 0 aliphatic rings. The molecule has 204 valence electrons. The molecule has 2 amide bonds. The van der Waals surface area contributed by atoms with Crippen molar-refractivity contribution in [3.63, 3.8) is 0 Å². The third-order valence-electron chi connectivity index (χ3n) is 6.14. The zero-order valence-electron chi connectivity index (χ0n) is 23.8. The van der Waals surface area contributed by atoms with Gasteiger partial charge in [-0.15, -0.1) is 0 Å². The molecule has 2 atom stereocenters. The molecule has 6 heteroatoms. The number of rotatable bonds is 14. The summed E-state index contributed by atoms with van der Waals surface area (Å²) < 4.78 is 5.90. The molecule has 0 fully saturated rings. The minimum absolute atomic E-state index is 0.0934. The lowest BCUT2D eigenvalue weighted by molar-refractivity contribution is -0.132. The van der Waals surface area contributed by atoms with Crippen molar-refractivity contribution in [1.29, 1.82) is 0 Å². The van der Waals surface area contributed by atoms with Gasteiger partial charge in [-0.25, -0.2) is 0 Å². The van der Waals surface area contributed by atoms with Gasteiger partial charge >= 0.3 is 0 Å². The number of carbonyl (C=O) groups is 2. The molecule has 0 saturated heterocycles. The number of carbonyl (C=O) groups excluding carboxylic acids is 2. The number of ether oxygens (including phenoxy) is 1. The van der Waals surface area contributed by atoms with E-state index in [9.17, 15) is 9.59 Å². The summed E-state index contributed by atoms with van der Waals surface area (Å²) in [5.41, 5.74) is 1.67. The second kappa shape index (κ2) is 14.8. The SMILES string of the molecule is CCCCN(C)[C@@H](CC(C)C)C(=O)N[C@@H](Cc1ccc(OCc2ccccc2)cc1)C(=O)NC(C)(C)C. The maximum atomic E-state index is 13.5. The molecule has 0 spiro atoms. The summed E-state index contributed by atoms with van der Waals surface area (Å²) in [5.74, 6) is 0.862. The fourth-order valence-corrected chi connectivity index (χ4v) is 4.13. The first-order valence-corrected chi connectivity index (χ1v) is 13.6. The van der Waals surface area contributed by atoms with Crippen LogP contribution in [-0.2, 0) is 22.6 Å². The normalized spacial score (nSPS) is 13.3. The van der Waals surface area contributed by atoms with Gasteiger partial charge in [0.05, 0.1) is 6.04 Å². The number of unbranched alkanes of at least 4 members (excludes halogenated alkanes) is 1. The van der Waals surface area contributed by atoms with Gasteiger partial charge in [0.1, 0.15) is 18.4 Å². The number of hydrogen-bond acceptors (Lipinski definition) is 4. The second-order valence-electron chi connectivity index (χ2n) is 11.4. The Bertz CT molecular complexity index is 952. The van der Waals surface area contributed by atoms with Crippen LogP contribution in [0, 0.1) is 5.92 Å². The summed E-state index contributed by atoms with van der Waals surface area (Å²) in [4.78, 5) is 28.8. The fraction of sp³-hybridized carbons (Fsp3) is 0.548. The van der Waals surface area contributed by atoms with Crippen LogP contribution in [0.5, 0.6) is 5.75 Å². The predicted octanol–water partition coefficient (Wildman–Crippen LogP) is 5.35. The molecule has 2 aromatic rings. The molecule has 0 heterocycles. The topological polar surface area (TPSA) is 70.7 Å². The highest BCUT2D eigenvalue weighted by atomic mass is 16.5. The van der Waals surface area contributed by atoms with E-state index < -0.39 is 11.6 Å². The first-order chi connectivity index (χ1) is 17.5. The van der Waals surface area contributed by atoms with Crippen LogP contribution >= 0.6 is 0 Å². The van der Waals surface area contributed by atoms with Gasteiger partial charge < -0.3 is 15.4 Å². The molecule has 0 aliphatic carbocycles. The third kappa shape index (κ3) is 11.4. The summed E-state index contributed by atoms with van der Waals surface area (Å²) >= 11 is 0. The van der Waals surface area contributed by atoms with Crippen LogP contribution in [0.2, 0.25) is 0 Å². The smallest absolute Gasteiger partial charge is 0.243 e. The maximum Gasteiger partial charge on any atom is 0.243 e. The highest BCUT2D eigenvalue weighted by molar-refractivity contribution is 5.90. The lowest BCUT2D eigenvalue weighted by Crippen LogP contribution is -2.56. The van der Waals surface area contributed by atoms with Crippen LogP contribution in [0.1, 0.15) is 71.9 Å². The molecule has 0 aliphatic heterocycles. The van der Waals surface area contributed by atoms with Crippen LogP contribution in [0.4, 0.5) is 0 Å². The van der Waals surface area contributed by atoms with E-state index in [1.54, 1.807) is 0 Å². The fourth-order valence-electron chi connectivity index (χ4n) is 4.13. The quantitative estimate of drug-likeness (QED) is 0.360. The van der Waals surface area contributed by atoms with E-state index in [0.29, 0.717) is 18.9 Å². The third-order valence-corrected chi connectivity index (χ3v) is 6.14. The van der Waals surface area contributed by atoms with Crippen molar-refractivity contribution >= 4 is 11.8 Å². The first kappa shape index (κ1) is 30.4. The number of amides is 2. The van der Waals surface area contributed by atoms with Crippen molar-refractivity contribution in [2.75, 3.05) is 13.6 Å². The highest BCUT2D eigenvalue weighted by Crippen LogP contribution is 2.17. The Morgan fingerprint density at radius 3 is 2.16 bits per heavy atom. The lowest BCUT2D eigenvalue weighted by atomic mass is 9.99. The summed E-state index contributed by atoms with van der Waals surface area (Å²) in [6, 6.07) is 16.8. The zero-order chi connectivity index (χ0) is 27.4. The predicted molar refractivity (Wildman–Crippen MR) is 152 cm³/mol. The summed E-state index contributed by atoms with van der Waals surface area (Å²) in [6.07, 6.45) is 3.25. The molecule has 0 radical (unpaired) electrons. The minimum Gasteiger partial charge on any atom is -0.489 e. The number of hydrogen-bond donors (Lipinski definition) is 2. The van der Waals surface area contributed by atoms with Crippen molar-refractivity contribution in [3.8, 4) is 5.75 Å². The molecule has 0 saturated carbocycles. The van der Waals surface area contributed by atoms with E-state index in [-0.39, 0.29) is 17.9 Å². The summed E-state index contributed by atoms with van der Waals surface area (Å²) in [6.45, 7) is 13.6. The lowest BCUT2D eigenvalue weighted by Gasteiger charge is -2.31. The van der Waals surface area contributed by atoms with Gasteiger partial charge in [-0.1, -0.05) is 69.7 Å². The number of nitrogens with zero attached hydrogens (tertiary/aromatic N) is 1. The molecule has 0 unspecified atom stereocenters. The average molecular weight is 510 g/mol. The summed E-state index contributed by atoms with van der Waals surface area (Å²) in [7, 11) is 2.00. The monoisotopic (exact) mass is 509 g/mol. The van der Waals surface area contributed by atoms with Crippen molar-refractivity contribution < 1.29 is 14.3 Å². The van der Waals surface area contributed by atoms with Crippen LogP contribution in [0.25, 0.3) is 0 Å². The Kier molecular flexibility index (Phi) is 12.1. The Morgan fingerprint density at radius 1 is 0.946 bits per heavy atom. The van der Waals surface area contributed by atoms with Gasteiger partial charge in [-0.05, 0) is 76.4 Å². The van der Waals surface area contributed by atoms with Crippen molar-refractivity contribution in [1.82, 2.24) is 15.5 Å². The van der Waals surface area contributed by atoms with Crippen LogP contribution in [0.15, 0.2) is 54.6 Å². The van der Waals surface area contributed by atoms with E-state index >= 15 is 0 Å². The van der Waals surface area contributed by atoms with Crippen LogP contribution in [0.3, 0.4) is 0 Å². The average Bonchev–Trinajstić information content (AvgIpc) is 2.84. The van der Waals surface area contributed by atoms with E-state index in [2.05, 4.69) is 36.3 Å². The molecule has 37 heavy (non-hydrogen) atoms. The van der Waals surface area contributed by atoms with Gasteiger partial charge in [0, 0.05) is 12.0 Å². The van der Waals surface area contributed by atoms with Gasteiger partial charge in [0.2, 0.25) is 11.8 Å². The number of benzene rings is 2. The van der Waals surface area contributed by atoms with Gasteiger partial charge in [0.15, 0.2) is 0 Å². The molecular formula is C31H47N3O3. The summed E-state index contributed by atoms with van der Waals surface area (Å²) in [5, 5.41) is 6.13. The highest BCUT2D eigenvalue weighted by Gasteiger charge is 2.30. The van der Waals surface area contributed by atoms with E-state index in [1.165, 1.54) is 0 Å². The van der Waals surface area contributed by atoms with Crippen LogP contribution in [-0.4, -0.2) is 47.9 Å². The molecule has 2 N–H and O–H groups in total. The number of likely N-dealkylation sites (N-methyl/N-ethyl adjacent to an activating group) is 1. The molecule has 0 bridgehead atoms. The Labute approximate surface area is 224 Å². The van der Waals surface area contributed by atoms with Crippen molar-refractivity contribution in [2.45, 2.75) is 91.5 Å². The van der Waals surface area contributed by atoms with E-state index in [1.807, 2.05) is 82.4 Å². The Morgan fingerprint density at radius 2 is 1.59 bits per heavy atom. The van der Waals surface area contributed by atoms with Gasteiger partial charge in [0.25, 0.3) is 0 Å². The maximum absolute atomic E-state index is 13.5. The Hall–Kier alpha value is -2.86. The molecule has 0 aromatic heterocycles.